The van der Waals surface area contributed by atoms with E-state index in [2.05, 4.69) is 5.32 Å². The fourth-order valence-corrected chi connectivity index (χ4v) is 1.31. The number of rotatable bonds is 1. The van der Waals surface area contributed by atoms with Gasteiger partial charge in [0.2, 0.25) is 11.8 Å². The Bertz CT molecular complexity index is 225. The van der Waals surface area contributed by atoms with Crippen LogP contribution in [0.15, 0.2) is 0 Å². The van der Waals surface area contributed by atoms with Gasteiger partial charge < -0.3 is 15.0 Å². The molecule has 0 bridgehead atoms. The van der Waals surface area contributed by atoms with Crippen LogP contribution in [-0.4, -0.2) is 49.1 Å². The van der Waals surface area contributed by atoms with Crippen LogP contribution in [0.1, 0.15) is 0 Å². The van der Waals surface area contributed by atoms with Crippen molar-refractivity contribution in [2.75, 3.05) is 26.3 Å². The van der Waals surface area contributed by atoms with Crippen molar-refractivity contribution in [3.05, 3.63) is 0 Å². The predicted octanol–water partition coefficient (Wildman–Crippen LogP) is -1.66. The molecule has 0 aromatic heterocycles. The van der Waals surface area contributed by atoms with Crippen LogP contribution in [0.2, 0.25) is 0 Å². The molecule has 2 aliphatic heterocycles. The van der Waals surface area contributed by atoms with Crippen LogP contribution in [0.25, 0.3) is 0 Å². The highest BCUT2D eigenvalue weighted by molar-refractivity contribution is 5.92. The Morgan fingerprint density at radius 1 is 1.42 bits per heavy atom. The van der Waals surface area contributed by atoms with Crippen LogP contribution >= 0.6 is 0 Å². The predicted molar refractivity (Wildman–Crippen MR) is 39.3 cm³/mol. The molecule has 0 spiro atoms. The van der Waals surface area contributed by atoms with E-state index in [-0.39, 0.29) is 30.9 Å². The molecular weight excluding hydrogens is 160 g/mol. The molecule has 66 valence electrons. The summed E-state index contributed by atoms with van der Waals surface area (Å²) >= 11 is 0. The van der Waals surface area contributed by atoms with Crippen LogP contribution in [0, 0.1) is 0 Å². The molecule has 0 unspecified atom stereocenters. The maximum atomic E-state index is 11.2. The molecule has 5 heteroatoms. The number of nitrogens with one attached hydrogen (secondary N) is 1. The molecule has 1 N–H and O–H groups in total. The van der Waals surface area contributed by atoms with Crippen LogP contribution in [0.5, 0.6) is 0 Å². The Kier molecular flexibility index (Phi) is 1.73. The topological polar surface area (TPSA) is 58.6 Å². The molecule has 2 saturated heterocycles. The number of piperazine rings is 1. The number of carbonyl (C=O) groups is 2. The Hall–Kier alpha value is -1.10. The molecule has 0 saturated carbocycles. The molecule has 5 nitrogen and oxygen atoms in total. The number of hydrogen-bond donors (Lipinski definition) is 1. The van der Waals surface area contributed by atoms with Crippen molar-refractivity contribution >= 4 is 11.8 Å². The largest absolute Gasteiger partial charge is 0.377 e. The second-order valence-corrected chi connectivity index (χ2v) is 2.99. The molecular formula is C7H10N2O3. The highest BCUT2D eigenvalue weighted by atomic mass is 16.5. The van der Waals surface area contributed by atoms with E-state index < -0.39 is 0 Å². The second kappa shape index (κ2) is 2.75. The Morgan fingerprint density at radius 3 is 2.75 bits per heavy atom. The lowest BCUT2D eigenvalue weighted by Gasteiger charge is -2.38. The molecule has 2 amide bonds. The Morgan fingerprint density at radius 2 is 2.17 bits per heavy atom. The van der Waals surface area contributed by atoms with Gasteiger partial charge >= 0.3 is 0 Å². The Labute approximate surface area is 69.7 Å². The minimum absolute atomic E-state index is 0.0112. The molecule has 0 aliphatic carbocycles. The van der Waals surface area contributed by atoms with E-state index >= 15 is 0 Å². The average Bonchev–Trinajstić information content (AvgIpc) is 1.93. The van der Waals surface area contributed by atoms with Crippen molar-refractivity contribution in [2.45, 2.75) is 6.04 Å². The van der Waals surface area contributed by atoms with Gasteiger partial charge in [-0.1, -0.05) is 0 Å². The number of carbonyl (C=O) groups excluding carboxylic acids is 2. The first-order valence-corrected chi connectivity index (χ1v) is 3.91. The average molecular weight is 170 g/mol. The number of amides is 2. The van der Waals surface area contributed by atoms with Gasteiger partial charge in [0, 0.05) is 0 Å². The van der Waals surface area contributed by atoms with Crippen LogP contribution < -0.4 is 5.32 Å². The minimum Gasteiger partial charge on any atom is -0.377 e. The van der Waals surface area contributed by atoms with E-state index in [9.17, 15) is 9.59 Å². The fourth-order valence-electron chi connectivity index (χ4n) is 1.31. The summed E-state index contributed by atoms with van der Waals surface area (Å²) in [5.41, 5.74) is 0. The fraction of sp³-hybridized carbons (Fsp3) is 0.714. The summed E-state index contributed by atoms with van der Waals surface area (Å²) < 4.78 is 4.95. The zero-order chi connectivity index (χ0) is 8.55. The lowest BCUT2D eigenvalue weighted by Crippen LogP contribution is -2.60. The summed E-state index contributed by atoms with van der Waals surface area (Å²) in [4.78, 5) is 23.7. The lowest BCUT2D eigenvalue weighted by atomic mass is 10.2. The van der Waals surface area contributed by atoms with E-state index in [0.29, 0.717) is 13.2 Å². The van der Waals surface area contributed by atoms with E-state index in [1.54, 1.807) is 4.90 Å². The van der Waals surface area contributed by atoms with Crippen LogP contribution in [0.3, 0.4) is 0 Å². The molecule has 2 aliphatic rings. The molecule has 2 rings (SSSR count). The molecule has 0 atom stereocenters. The standard InChI is InChI=1S/C7H10N2O3/c10-6-2-9(5-3-12-4-5)7(11)1-8-6/h5H,1-4H2,(H,8,10). The number of nitrogens with zero attached hydrogens (tertiary/aromatic N) is 1. The summed E-state index contributed by atoms with van der Waals surface area (Å²) in [5.74, 6) is -0.0931. The van der Waals surface area contributed by atoms with E-state index in [4.69, 9.17) is 4.74 Å². The third-order valence-corrected chi connectivity index (χ3v) is 2.13. The van der Waals surface area contributed by atoms with Gasteiger partial charge in [-0.25, -0.2) is 0 Å². The summed E-state index contributed by atoms with van der Waals surface area (Å²) in [6.07, 6.45) is 0. The summed E-state index contributed by atoms with van der Waals surface area (Å²) in [6.45, 7) is 1.46. The van der Waals surface area contributed by atoms with Gasteiger partial charge in [-0.3, -0.25) is 9.59 Å². The van der Waals surface area contributed by atoms with Crippen LogP contribution in [0.4, 0.5) is 0 Å². The van der Waals surface area contributed by atoms with Gasteiger partial charge in [0.25, 0.3) is 0 Å². The monoisotopic (exact) mass is 170 g/mol. The first kappa shape index (κ1) is 7.54. The summed E-state index contributed by atoms with van der Waals surface area (Å²) in [7, 11) is 0. The summed E-state index contributed by atoms with van der Waals surface area (Å²) in [6, 6.07) is 0.128. The van der Waals surface area contributed by atoms with Crippen molar-refractivity contribution in [2.24, 2.45) is 0 Å². The number of ether oxygens (including phenoxy) is 1. The first-order chi connectivity index (χ1) is 5.77. The zero-order valence-electron chi connectivity index (χ0n) is 6.58. The quantitative estimate of drug-likeness (QED) is 0.512. The van der Waals surface area contributed by atoms with Crippen molar-refractivity contribution < 1.29 is 14.3 Å². The molecule has 0 aromatic carbocycles. The zero-order valence-corrected chi connectivity index (χ0v) is 6.58. The Balaban J connectivity index is 2.00. The highest BCUT2D eigenvalue weighted by Crippen LogP contribution is 2.11. The minimum atomic E-state index is -0.0819. The maximum Gasteiger partial charge on any atom is 0.242 e. The normalized spacial score (nSPS) is 25.2. The van der Waals surface area contributed by atoms with Crippen molar-refractivity contribution in [1.82, 2.24) is 10.2 Å². The van der Waals surface area contributed by atoms with Crippen molar-refractivity contribution in [3.8, 4) is 0 Å². The molecule has 12 heavy (non-hydrogen) atoms. The summed E-state index contributed by atoms with van der Waals surface area (Å²) in [5, 5.41) is 2.49. The van der Waals surface area contributed by atoms with Gasteiger partial charge in [0.05, 0.1) is 25.8 Å². The van der Waals surface area contributed by atoms with Gasteiger partial charge in [0.15, 0.2) is 0 Å². The van der Waals surface area contributed by atoms with Gasteiger partial charge in [-0.2, -0.15) is 0 Å². The third kappa shape index (κ3) is 1.16. The van der Waals surface area contributed by atoms with Crippen molar-refractivity contribution in [3.63, 3.8) is 0 Å². The van der Waals surface area contributed by atoms with Gasteiger partial charge in [-0.05, 0) is 0 Å². The third-order valence-electron chi connectivity index (χ3n) is 2.13. The first-order valence-electron chi connectivity index (χ1n) is 3.91. The molecule has 2 fully saturated rings. The van der Waals surface area contributed by atoms with Crippen LogP contribution in [-0.2, 0) is 14.3 Å². The smallest absolute Gasteiger partial charge is 0.242 e. The van der Waals surface area contributed by atoms with Crippen molar-refractivity contribution in [1.29, 1.82) is 0 Å². The van der Waals surface area contributed by atoms with E-state index in [1.165, 1.54) is 0 Å². The number of hydrogen-bond acceptors (Lipinski definition) is 3. The SMILES string of the molecule is O=C1CN(C2COC2)C(=O)CN1. The molecule has 0 radical (unpaired) electrons. The van der Waals surface area contributed by atoms with Gasteiger partial charge in [0.1, 0.15) is 6.54 Å². The van der Waals surface area contributed by atoms with Gasteiger partial charge in [-0.15, -0.1) is 0 Å². The molecule has 2 heterocycles. The van der Waals surface area contributed by atoms with E-state index in [0.717, 1.165) is 0 Å². The second-order valence-electron chi connectivity index (χ2n) is 2.99. The molecule has 0 aromatic rings. The highest BCUT2D eigenvalue weighted by Gasteiger charge is 2.33. The maximum absolute atomic E-state index is 11.2. The van der Waals surface area contributed by atoms with E-state index in [1.807, 2.05) is 0 Å². The lowest BCUT2D eigenvalue weighted by molar-refractivity contribution is -0.152.